The summed E-state index contributed by atoms with van der Waals surface area (Å²) >= 11 is 1.45. The smallest absolute Gasteiger partial charge is 0.251 e. The summed E-state index contributed by atoms with van der Waals surface area (Å²) in [6.07, 6.45) is 1.70. The minimum atomic E-state index is -0.135. The fraction of sp³-hybridized carbons (Fsp3) is 0.364. The maximum absolute atomic E-state index is 11.5. The normalized spacial score (nSPS) is 11.0. The van der Waals surface area contributed by atoms with E-state index in [2.05, 4.69) is 34.1 Å². The van der Waals surface area contributed by atoms with E-state index in [-0.39, 0.29) is 5.56 Å². The van der Waals surface area contributed by atoms with Gasteiger partial charge in [-0.3, -0.25) is 9.78 Å². The van der Waals surface area contributed by atoms with Crippen LogP contribution in [0.4, 0.5) is 0 Å². The molecule has 2 heterocycles. The first-order chi connectivity index (χ1) is 8.15. The minimum absolute atomic E-state index is 0.135. The van der Waals surface area contributed by atoms with Crippen LogP contribution in [-0.2, 0) is 6.54 Å². The number of thiazole rings is 1. The van der Waals surface area contributed by atoms with E-state index in [4.69, 9.17) is 0 Å². The summed E-state index contributed by atoms with van der Waals surface area (Å²) in [6, 6.07) is 1.88. The Morgan fingerprint density at radius 3 is 3.00 bits per heavy atom. The van der Waals surface area contributed by atoms with E-state index in [0.717, 1.165) is 10.6 Å². The molecule has 90 valence electrons. The van der Waals surface area contributed by atoms with Gasteiger partial charge in [0.05, 0.1) is 16.1 Å². The lowest BCUT2D eigenvalue weighted by Gasteiger charge is -2.07. The van der Waals surface area contributed by atoms with Crippen LogP contribution in [0.2, 0.25) is 0 Å². The average Bonchev–Trinajstić information content (AvgIpc) is 2.79. The van der Waals surface area contributed by atoms with Crippen LogP contribution in [0, 0.1) is 0 Å². The highest BCUT2D eigenvalue weighted by molar-refractivity contribution is 7.13. The largest absolute Gasteiger partial charge is 0.309 e. The SMILES string of the molecule is CC(C)NCc1cc(=O)[nH]c(-c2cncs2)n1. The maximum atomic E-state index is 11.5. The Bertz CT molecular complexity index is 533. The van der Waals surface area contributed by atoms with Gasteiger partial charge in [0.15, 0.2) is 5.82 Å². The summed E-state index contributed by atoms with van der Waals surface area (Å²) < 4.78 is 0. The molecule has 5 nitrogen and oxygen atoms in total. The third kappa shape index (κ3) is 3.21. The molecule has 0 aliphatic rings. The van der Waals surface area contributed by atoms with Crippen molar-refractivity contribution in [3.63, 3.8) is 0 Å². The number of H-pyrrole nitrogens is 1. The number of nitrogens with zero attached hydrogens (tertiary/aromatic N) is 2. The molecule has 2 rings (SSSR count). The molecule has 0 aliphatic heterocycles. The molecule has 2 N–H and O–H groups in total. The van der Waals surface area contributed by atoms with E-state index in [9.17, 15) is 4.79 Å². The average molecular weight is 250 g/mol. The zero-order chi connectivity index (χ0) is 12.3. The van der Waals surface area contributed by atoms with Crippen molar-refractivity contribution in [3.05, 3.63) is 33.8 Å². The van der Waals surface area contributed by atoms with Gasteiger partial charge in [-0.2, -0.15) is 0 Å². The van der Waals surface area contributed by atoms with E-state index >= 15 is 0 Å². The molecule has 0 bridgehead atoms. The van der Waals surface area contributed by atoms with Crippen molar-refractivity contribution in [1.29, 1.82) is 0 Å². The predicted octanol–water partition coefficient (Wildman–Crippen LogP) is 1.39. The highest BCUT2D eigenvalue weighted by Gasteiger charge is 2.05. The van der Waals surface area contributed by atoms with Crippen LogP contribution < -0.4 is 10.9 Å². The van der Waals surface area contributed by atoms with Gasteiger partial charge in [-0.1, -0.05) is 13.8 Å². The van der Waals surface area contributed by atoms with E-state index in [1.165, 1.54) is 17.4 Å². The van der Waals surface area contributed by atoms with E-state index in [1.54, 1.807) is 11.7 Å². The van der Waals surface area contributed by atoms with Crippen LogP contribution in [0.15, 0.2) is 22.6 Å². The van der Waals surface area contributed by atoms with Crippen molar-refractivity contribution in [2.75, 3.05) is 0 Å². The summed E-state index contributed by atoms with van der Waals surface area (Å²) in [5, 5.41) is 3.23. The Morgan fingerprint density at radius 1 is 1.53 bits per heavy atom. The molecule has 0 aliphatic carbocycles. The van der Waals surface area contributed by atoms with Gasteiger partial charge in [-0.25, -0.2) is 4.98 Å². The number of aromatic amines is 1. The molecule has 0 atom stereocenters. The third-order valence-electron chi connectivity index (χ3n) is 2.15. The second-order valence-corrected chi connectivity index (χ2v) is 4.87. The molecule has 2 aromatic rings. The molecule has 0 saturated carbocycles. The third-order valence-corrected chi connectivity index (χ3v) is 2.93. The monoisotopic (exact) mass is 250 g/mol. The first-order valence-corrected chi connectivity index (χ1v) is 6.25. The Hall–Kier alpha value is -1.53. The Kier molecular flexibility index (Phi) is 3.65. The van der Waals surface area contributed by atoms with Gasteiger partial charge in [-0.05, 0) is 0 Å². The molecule has 6 heteroatoms. The fourth-order valence-corrected chi connectivity index (χ4v) is 1.92. The minimum Gasteiger partial charge on any atom is -0.309 e. The fourth-order valence-electron chi connectivity index (χ4n) is 1.36. The molecule has 2 aromatic heterocycles. The number of nitrogens with one attached hydrogen (secondary N) is 2. The summed E-state index contributed by atoms with van der Waals surface area (Å²) in [4.78, 5) is 23.5. The topological polar surface area (TPSA) is 70.7 Å². The van der Waals surface area contributed by atoms with E-state index in [0.29, 0.717) is 18.4 Å². The lowest BCUT2D eigenvalue weighted by Crippen LogP contribution is -2.24. The van der Waals surface area contributed by atoms with Crippen LogP contribution in [0.5, 0.6) is 0 Å². The Balaban J connectivity index is 2.27. The van der Waals surface area contributed by atoms with Gasteiger partial charge in [0.2, 0.25) is 0 Å². The first kappa shape index (κ1) is 11.9. The predicted molar refractivity (Wildman–Crippen MR) is 67.9 cm³/mol. The van der Waals surface area contributed by atoms with Crippen LogP contribution in [-0.4, -0.2) is 21.0 Å². The van der Waals surface area contributed by atoms with Gasteiger partial charge in [-0.15, -0.1) is 11.3 Å². The quantitative estimate of drug-likeness (QED) is 0.860. The summed E-state index contributed by atoms with van der Waals surface area (Å²) in [7, 11) is 0. The molecule has 0 fully saturated rings. The molecule has 0 aromatic carbocycles. The van der Waals surface area contributed by atoms with Crippen molar-refractivity contribution in [1.82, 2.24) is 20.3 Å². The zero-order valence-electron chi connectivity index (χ0n) is 9.73. The number of hydrogen-bond acceptors (Lipinski definition) is 5. The van der Waals surface area contributed by atoms with Crippen molar-refractivity contribution < 1.29 is 0 Å². The zero-order valence-corrected chi connectivity index (χ0v) is 10.5. The van der Waals surface area contributed by atoms with Gasteiger partial charge >= 0.3 is 0 Å². The molecular weight excluding hydrogens is 236 g/mol. The number of aromatic nitrogens is 3. The van der Waals surface area contributed by atoms with E-state index in [1.807, 2.05) is 0 Å². The highest BCUT2D eigenvalue weighted by Crippen LogP contribution is 2.17. The number of rotatable bonds is 4. The molecule has 0 radical (unpaired) electrons. The van der Waals surface area contributed by atoms with Crippen molar-refractivity contribution >= 4 is 11.3 Å². The molecule has 0 spiro atoms. The summed E-state index contributed by atoms with van der Waals surface area (Å²) in [5.41, 5.74) is 2.32. The lowest BCUT2D eigenvalue weighted by molar-refractivity contribution is 0.580. The molecule has 0 saturated heterocycles. The molecular formula is C11H14N4OS. The van der Waals surface area contributed by atoms with Gasteiger partial charge in [0.25, 0.3) is 5.56 Å². The lowest BCUT2D eigenvalue weighted by atomic mass is 10.3. The molecule has 0 unspecified atom stereocenters. The van der Waals surface area contributed by atoms with Gasteiger partial charge in [0, 0.05) is 24.8 Å². The Labute approximate surface area is 103 Å². The van der Waals surface area contributed by atoms with E-state index < -0.39 is 0 Å². The molecule has 0 amide bonds. The standard InChI is InChI=1S/C11H14N4OS/c1-7(2)13-4-8-3-10(16)15-11(14-8)9-5-12-6-17-9/h3,5-7,13H,4H2,1-2H3,(H,14,15,16). The number of hydrogen-bond donors (Lipinski definition) is 2. The van der Waals surface area contributed by atoms with Crippen molar-refractivity contribution in [2.24, 2.45) is 0 Å². The van der Waals surface area contributed by atoms with Crippen molar-refractivity contribution in [3.8, 4) is 10.7 Å². The summed E-state index contributed by atoms with van der Waals surface area (Å²) in [6.45, 7) is 4.70. The van der Waals surface area contributed by atoms with Gasteiger partial charge < -0.3 is 10.3 Å². The highest BCUT2D eigenvalue weighted by atomic mass is 32.1. The van der Waals surface area contributed by atoms with Crippen LogP contribution in [0.1, 0.15) is 19.5 Å². The van der Waals surface area contributed by atoms with Gasteiger partial charge in [0.1, 0.15) is 0 Å². The maximum Gasteiger partial charge on any atom is 0.251 e. The van der Waals surface area contributed by atoms with Crippen LogP contribution in [0.3, 0.4) is 0 Å². The molecule has 17 heavy (non-hydrogen) atoms. The Morgan fingerprint density at radius 2 is 2.35 bits per heavy atom. The first-order valence-electron chi connectivity index (χ1n) is 5.37. The van der Waals surface area contributed by atoms with Crippen LogP contribution >= 0.6 is 11.3 Å². The van der Waals surface area contributed by atoms with Crippen LogP contribution in [0.25, 0.3) is 10.7 Å². The second kappa shape index (κ2) is 5.20. The second-order valence-electron chi connectivity index (χ2n) is 3.99. The van der Waals surface area contributed by atoms with Crippen molar-refractivity contribution in [2.45, 2.75) is 26.4 Å². The summed E-state index contributed by atoms with van der Waals surface area (Å²) in [5.74, 6) is 0.584.